The normalized spacial score (nSPS) is 19.9. The van der Waals surface area contributed by atoms with Crippen molar-refractivity contribution in [3.05, 3.63) is 36.2 Å². The van der Waals surface area contributed by atoms with Crippen molar-refractivity contribution in [2.45, 2.75) is 49.2 Å². The number of piperidine rings is 1. The Hall–Kier alpha value is -2.35. The van der Waals surface area contributed by atoms with Gasteiger partial charge in [0.05, 0.1) is 11.4 Å². The average Bonchev–Trinajstić information content (AvgIpc) is 3.46. The number of nitrogens with zero attached hydrogens (tertiary/aromatic N) is 4. The fourth-order valence-electron chi connectivity index (χ4n) is 3.47. The second-order valence-electron chi connectivity index (χ2n) is 7.06. The number of likely N-dealkylation sites (tertiary alicyclic amines) is 1. The summed E-state index contributed by atoms with van der Waals surface area (Å²) in [5, 5.41) is 5.22. The van der Waals surface area contributed by atoms with Crippen LogP contribution < -0.4 is 5.73 Å². The van der Waals surface area contributed by atoms with Gasteiger partial charge < -0.3 is 10.6 Å². The van der Waals surface area contributed by atoms with Gasteiger partial charge in [-0.15, -0.1) is 5.10 Å². The molecule has 27 heavy (non-hydrogen) atoms. The molecule has 2 N–H and O–H groups in total. The summed E-state index contributed by atoms with van der Waals surface area (Å²) in [6.07, 6.45) is 4.74. The summed E-state index contributed by atoms with van der Waals surface area (Å²) in [4.78, 5) is 30.5. The number of carbonyl (C=O) groups is 2. The molecule has 1 atom stereocenters. The maximum Gasteiger partial charge on any atom is 0.240 e. The predicted molar refractivity (Wildman–Crippen MR) is 103 cm³/mol. The first-order valence-corrected chi connectivity index (χ1v) is 10.4. The molecule has 2 aliphatic rings. The van der Waals surface area contributed by atoms with Crippen LogP contribution >= 0.6 is 11.8 Å². The Morgan fingerprint density at radius 1 is 1.15 bits per heavy atom. The van der Waals surface area contributed by atoms with Crippen molar-refractivity contribution in [2.75, 3.05) is 12.3 Å². The summed E-state index contributed by atoms with van der Waals surface area (Å²) >= 11 is 1.32. The molecule has 2 amide bonds. The summed E-state index contributed by atoms with van der Waals surface area (Å²) in [6, 6.07) is 9.45. The van der Waals surface area contributed by atoms with Gasteiger partial charge >= 0.3 is 0 Å². The Balaban J connectivity index is 1.47. The Kier molecular flexibility index (Phi) is 5.15. The second-order valence-corrected chi connectivity index (χ2v) is 8.01. The number of hydrogen-bond acceptors (Lipinski definition) is 5. The Morgan fingerprint density at radius 2 is 1.93 bits per heavy atom. The van der Waals surface area contributed by atoms with Gasteiger partial charge in [-0.05, 0) is 44.2 Å². The molecule has 2 aromatic rings. The molecule has 2 fully saturated rings. The standard InChI is InChI=1S/C19H23N5O2S/c20-17(26)15-8-4-5-11-23(15)16(25)12-27-19-21-18(13-9-10-13)24(22-19)14-6-2-1-3-7-14/h1-3,6-7,13,15H,4-5,8-12H2,(H2,20,26)/t15-/m1/s1. The number of carbonyl (C=O) groups excluding carboxylic acids is 2. The maximum atomic E-state index is 12.6. The fourth-order valence-corrected chi connectivity index (χ4v) is 4.18. The number of rotatable bonds is 6. The van der Waals surface area contributed by atoms with Gasteiger partial charge in [0.25, 0.3) is 0 Å². The van der Waals surface area contributed by atoms with E-state index in [1.807, 2.05) is 35.0 Å². The molecular formula is C19H23N5O2S. The summed E-state index contributed by atoms with van der Waals surface area (Å²) in [5.74, 6) is 1.13. The molecule has 1 saturated carbocycles. The molecule has 7 nitrogen and oxygen atoms in total. The van der Waals surface area contributed by atoms with Crippen molar-refractivity contribution in [3.63, 3.8) is 0 Å². The SMILES string of the molecule is NC(=O)[C@H]1CCCCN1C(=O)CSc1nc(C2CC2)n(-c2ccccc2)n1. The topological polar surface area (TPSA) is 94.1 Å². The molecule has 0 radical (unpaired) electrons. The zero-order valence-electron chi connectivity index (χ0n) is 15.1. The van der Waals surface area contributed by atoms with Gasteiger partial charge in [0.15, 0.2) is 0 Å². The van der Waals surface area contributed by atoms with E-state index >= 15 is 0 Å². The minimum absolute atomic E-state index is 0.0764. The Morgan fingerprint density at radius 3 is 2.63 bits per heavy atom. The quantitative estimate of drug-likeness (QED) is 0.769. The van der Waals surface area contributed by atoms with Crippen LogP contribution in [0.4, 0.5) is 0 Å². The highest BCUT2D eigenvalue weighted by molar-refractivity contribution is 7.99. The summed E-state index contributed by atoms with van der Waals surface area (Å²) in [5.41, 5.74) is 6.44. The third-order valence-corrected chi connectivity index (χ3v) is 5.85. The van der Waals surface area contributed by atoms with Crippen LogP contribution in [0.2, 0.25) is 0 Å². The largest absolute Gasteiger partial charge is 0.368 e. The van der Waals surface area contributed by atoms with Crippen molar-refractivity contribution in [1.29, 1.82) is 0 Å². The minimum atomic E-state index is -0.483. The molecule has 1 aliphatic carbocycles. The van der Waals surface area contributed by atoms with Crippen molar-refractivity contribution < 1.29 is 9.59 Å². The number of nitrogens with two attached hydrogens (primary N) is 1. The van der Waals surface area contributed by atoms with E-state index in [0.29, 0.717) is 24.0 Å². The average molecular weight is 385 g/mol. The van der Waals surface area contributed by atoms with Crippen LogP contribution in [0.1, 0.15) is 43.8 Å². The van der Waals surface area contributed by atoms with Crippen LogP contribution in [0.15, 0.2) is 35.5 Å². The number of hydrogen-bond donors (Lipinski definition) is 1. The lowest BCUT2D eigenvalue weighted by Gasteiger charge is -2.33. The number of benzene rings is 1. The molecule has 0 spiro atoms. The zero-order chi connectivity index (χ0) is 18.8. The summed E-state index contributed by atoms with van der Waals surface area (Å²) < 4.78 is 1.89. The molecule has 4 rings (SSSR count). The van der Waals surface area contributed by atoms with Gasteiger partial charge in [-0.25, -0.2) is 9.67 Å². The van der Waals surface area contributed by atoms with Crippen molar-refractivity contribution in [3.8, 4) is 5.69 Å². The van der Waals surface area contributed by atoms with E-state index < -0.39 is 11.9 Å². The molecule has 1 aromatic carbocycles. The van der Waals surface area contributed by atoms with Crippen LogP contribution in [0.3, 0.4) is 0 Å². The van der Waals surface area contributed by atoms with E-state index in [0.717, 1.165) is 37.2 Å². The van der Waals surface area contributed by atoms with Crippen LogP contribution in [0, 0.1) is 0 Å². The fraction of sp³-hybridized carbons (Fsp3) is 0.474. The molecule has 2 heterocycles. The lowest BCUT2D eigenvalue weighted by atomic mass is 10.0. The highest BCUT2D eigenvalue weighted by atomic mass is 32.2. The second kappa shape index (κ2) is 7.72. The molecule has 0 bridgehead atoms. The van der Waals surface area contributed by atoms with Crippen LogP contribution in [-0.4, -0.2) is 49.8 Å². The van der Waals surface area contributed by atoms with E-state index in [2.05, 4.69) is 10.1 Å². The van der Waals surface area contributed by atoms with E-state index in [1.165, 1.54) is 11.8 Å². The molecule has 1 aromatic heterocycles. The molecular weight excluding hydrogens is 362 g/mol. The molecule has 0 unspecified atom stereocenters. The molecule has 8 heteroatoms. The maximum absolute atomic E-state index is 12.6. The van der Waals surface area contributed by atoms with Gasteiger partial charge in [0.2, 0.25) is 17.0 Å². The molecule has 142 valence electrons. The first-order chi connectivity index (χ1) is 13.1. The number of primary amides is 1. The highest BCUT2D eigenvalue weighted by Crippen LogP contribution is 2.40. The lowest BCUT2D eigenvalue weighted by molar-refractivity contribution is -0.138. The summed E-state index contributed by atoms with van der Waals surface area (Å²) in [7, 11) is 0. The lowest BCUT2D eigenvalue weighted by Crippen LogP contribution is -2.51. The number of para-hydroxylation sites is 1. The first kappa shape index (κ1) is 18.0. The third kappa shape index (κ3) is 4.00. The summed E-state index contributed by atoms with van der Waals surface area (Å²) in [6.45, 7) is 0.589. The monoisotopic (exact) mass is 385 g/mol. The minimum Gasteiger partial charge on any atom is -0.368 e. The zero-order valence-corrected chi connectivity index (χ0v) is 15.9. The van der Waals surface area contributed by atoms with Gasteiger partial charge in [-0.2, -0.15) is 0 Å². The van der Waals surface area contributed by atoms with E-state index in [9.17, 15) is 9.59 Å². The third-order valence-electron chi connectivity index (χ3n) is 5.03. The number of aromatic nitrogens is 3. The Labute approximate surface area is 162 Å². The van der Waals surface area contributed by atoms with Crippen molar-refractivity contribution >= 4 is 23.6 Å². The highest BCUT2D eigenvalue weighted by Gasteiger charge is 2.32. The van der Waals surface area contributed by atoms with Crippen molar-refractivity contribution in [1.82, 2.24) is 19.7 Å². The van der Waals surface area contributed by atoms with Crippen molar-refractivity contribution in [2.24, 2.45) is 5.73 Å². The first-order valence-electron chi connectivity index (χ1n) is 9.37. The van der Waals surface area contributed by atoms with Crippen LogP contribution in [0.25, 0.3) is 5.69 Å². The molecule has 1 aliphatic heterocycles. The number of amides is 2. The smallest absolute Gasteiger partial charge is 0.240 e. The number of thioether (sulfide) groups is 1. The van der Waals surface area contributed by atoms with E-state index in [-0.39, 0.29) is 11.7 Å². The van der Waals surface area contributed by atoms with Gasteiger partial charge in [-0.3, -0.25) is 9.59 Å². The van der Waals surface area contributed by atoms with Crippen LogP contribution in [-0.2, 0) is 9.59 Å². The van der Waals surface area contributed by atoms with Gasteiger partial charge in [0.1, 0.15) is 11.9 Å². The Bertz CT molecular complexity index is 834. The molecule has 1 saturated heterocycles. The van der Waals surface area contributed by atoms with Crippen LogP contribution in [0.5, 0.6) is 0 Å². The van der Waals surface area contributed by atoms with E-state index in [1.54, 1.807) is 4.90 Å². The predicted octanol–water partition coefficient (Wildman–Crippen LogP) is 2.10. The van der Waals surface area contributed by atoms with E-state index in [4.69, 9.17) is 5.73 Å². The van der Waals surface area contributed by atoms with Gasteiger partial charge in [-0.1, -0.05) is 30.0 Å². The van der Waals surface area contributed by atoms with Gasteiger partial charge in [0, 0.05) is 12.5 Å².